The maximum atomic E-state index is 12.6. The van der Waals surface area contributed by atoms with E-state index in [9.17, 15) is 9.59 Å². The fourth-order valence-corrected chi connectivity index (χ4v) is 4.21. The smallest absolute Gasteiger partial charge is 0.255 e. The van der Waals surface area contributed by atoms with Crippen LogP contribution >= 0.6 is 11.8 Å². The van der Waals surface area contributed by atoms with E-state index in [1.54, 1.807) is 14.0 Å². The number of methoxy groups -OCH3 is 1. The number of H-pyrrole nitrogens is 1. The van der Waals surface area contributed by atoms with E-state index in [1.807, 2.05) is 49.4 Å². The van der Waals surface area contributed by atoms with Gasteiger partial charge in [-0.05, 0) is 49.9 Å². The summed E-state index contributed by atoms with van der Waals surface area (Å²) in [7, 11) is 1.63. The molecule has 0 fully saturated rings. The van der Waals surface area contributed by atoms with Crippen LogP contribution in [0.25, 0.3) is 0 Å². The zero-order valence-corrected chi connectivity index (χ0v) is 19.5. The highest BCUT2D eigenvalue weighted by atomic mass is 32.2. The van der Waals surface area contributed by atoms with Crippen molar-refractivity contribution in [3.8, 4) is 5.75 Å². The molecule has 32 heavy (non-hydrogen) atoms. The maximum Gasteiger partial charge on any atom is 0.255 e. The zero-order valence-electron chi connectivity index (χ0n) is 18.7. The zero-order chi connectivity index (χ0) is 22.9. The van der Waals surface area contributed by atoms with Crippen molar-refractivity contribution in [1.82, 2.24) is 15.3 Å². The Morgan fingerprint density at radius 1 is 1.16 bits per heavy atom. The van der Waals surface area contributed by atoms with Crippen LogP contribution in [0, 0.1) is 6.92 Å². The third-order valence-electron chi connectivity index (χ3n) is 5.16. The number of rotatable bonds is 10. The minimum atomic E-state index is -0.266. The van der Waals surface area contributed by atoms with Crippen molar-refractivity contribution in [1.29, 1.82) is 0 Å². The molecular weight excluding hydrogens is 422 g/mol. The number of aromatic nitrogens is 2. The van der Waals surface area contributed by atoms with Gasteiger partial charge in [-0.1, -0.05) is 54.2 Å². The molecule has 2 N–H and O–H groups in total. The summed E-state index contributed by atoms with van der Waals surface area (Å²) in [6.45, 7) is 3.75. The standard InChI is InChI=1S/C25H29N3O3S/c1-17(12-13-19-8-5-4-6-9-19)26-23(29)15-22-18(2)27-25(28-24(22)30)32-16-20-10-7-11-21(14-20)31-3/h4-11,14,17H,12-13,15-16H2,1-3H3,(H,26,29)(H,27,28,30). The van der Waals surface area contributed by atoms with Crippen molar-refractivity contribution in [2.24, 2.45) is 0 Å². The fraction of sp³-hybridized carbons (Fsp3) is 0.320. The molecule has 1 unspecified atom stereocenters. The summed E-state index contributed by atoms with van der Waals surface area (Å²) in [6, 6.07) is 18.0. The summed E-state index contributed by atoms with van der Waals surface area (Å²) >= 11 is 1.44. The number of thioether (sulfide) groups is 1. The van der Waals surface area contributed by atoms with Gasteiger partial charge in [0.1, 0.15) is 5.75 Å². The molecule has 7 heteroatoms. The van der Waals surface area contributed by atoms with Gasteiger partial charge in [-0.3, -0.25) is 9.59 Å². The molecule has 168 valence electrons. The van der Waals surface area contributed by atoms with E-state index in [1.165, 1.54) is 17.3 Å². The number of nitrogens with zero attached hydrogens (tertiary/aromatic N) is 1. The molecule has 0 radical (unpaired) electrons. The Kier molecular flexibility index (Phi) is 8.50. The Morgan fingerprint density at radius 3 is 2.62 bits per heavy atom. The van der Waals surface area contributed by atoms with Crippen molar-refractivity contribution in [3.63, 3.8) is 0 Å². The van der Waals surface area contributed by atoms with Gasteiger partial charge in [0, 0.05) is 23.1 Å². The quantitative estimate of drug-likeness (QED) is 0.359. The molecule has 1 heterocycles. The van der Waals surface area contributed by atoms with Gasteiger partial charge >= 0.3 is 0 Å². The lowest BCUT2D eigenvalue weighted by Gasteiger charge is -2.14. The Hall–Kier alpha value is -3.06. The van der Waals surface area contributed by atoms with Crippen molar-refractivity contribution in [2.75, 3.05) is 7.11 Å². The molecule has 3 aromatic rings. The summed E-state index contributed by atoms with van der Waals surface area (Å²) in [5.74, 6) is 1.27. The molecule has 1 amide bonds. The summed E-state index contributed by atoms with van der Waals surface area (Å²) < 4.78 is 5.24. The number of amides is 1. The third-order valence-corrected chi connectivity index (χ3v) is 6.11. The molecule has 0 bridgehead atoms. The van der Waals surface area contributed by atoms with Crippen molar-refractivity contribution in [3.05, 3.63) is 87.3 Å². The molecule has 0 saturated carbocycles. The van der Waals surface area contributed by atoms with Gasteiger partial charge in [-0.2, -0.15) is 0 Å². The van der Waals surface area contributed by atoms with E-state index >= 15 is 0 Å². The van der Waals surface area contributed by atoms with E-state index in [0.29, 0.717) is 22.2 Å². The SMILES string of the molecule is COc1cccc(CSc2nc(C)c(CC(=O)NC(C)CCc3ccccc3)c(=O)[nH]2)c1. The Bertz CT molecular complexity index is 1100. The number of hydrogen-bond donors (Lipinski definition) is 2. The summed E-state index contributed by atoms with van der Waals surface area (Å²) in [5.41, 5.74) is 3.03. The Labute approximate surface area is 192 Å². The van der Waals surface area contributed by atoms with Crippen molar-refractivity contribution in [2.45, 2.75) is 50.1 Å². The average molecular weight is 452 g/mol. The minimum Gasteiger partial charge on any atom is -0.497 e. The lowest BCUT2D eigenvalue weighted by Crippen LogP contribution is -2.35. The third kappa shape index (κ3) is 6.99. The van der Waals surface area contributed by atoms with Gasteiger partial charge in [-0.15, -0.1) is 0 Å². The first-order valence-corrected chi connectivity index (χ1v) is 11.6. The predicted molar refractivity (Wildman–Crippen MR) is 128 cm³/mol. The van der Waals surface area contributed by atoms with Gasteiger partial charge in [-0.25, -0.2) is 4.98 Å². The number of aryl methyl sites for hydroxylation is 2. The van der Waals surface area contributed by atoms with Crippen LogP contribution in [0.4, 0.5) is 0 Å². The Morgan fingerprint density at radius 2 is 1.91 bits per heavy atom. The highest BCUT2D eigenvalue weighted by Crippen LogP contribution is 2.22. The number of nitrogens with one attached hydrogen (secondary N) is 2. The van der Waals surface area contributed by atoms with E-state index in [0.717, 1.165) is 24.2 Å². The first-order valence-electron chi connectivity index (χ1n) is 10.6. The first kappa shape index (κ1) is 23.6. The van der Waals surface area contributed by atoms with E-state index in [-0.39, 0.29) is 23.9 Å². The van der Waals surface area contributed by atoms with Crippen LogP contribution in [0.15, 0.2) is 64.5 Å². The molecule has 0 aliphatic heterocycles. The summed E-state index contributed by atoms with van der Waals surface area (Å²) in [6.07, 6.45) is 1.75. The lowest BCUT2D eigenvalue weighted by atomic mass is 10.1. The van der Waals surface area contributed by atoms with E-state index in [4.69, 9.17) is 4.74 Å². The summed E-state index contributed by atoms with van der Waals surface area (Å²) in [5, 5.41) is 3.53. The average Bonchev–Trinajstić information content (AvgIpc) is 2.79. The molecule has 0 spiro atoms. The molecular formula is C25H29N3O3S. The van der Waals surface area contributed by atoms with Crippen LogP contribution < -0.4 is 15.6 Å². The number of carbonyl (C=O) groups is 1. The van der Waals surface area contributed by atoms with Gasteiger partial charge < -0.3 is 15.0 Å². The van der Waals surface area contributed by atoms with Crippen LogP contribution in [0.1, 0.15) is 35.7 Å². The number of carbonyl (C=O) groups excluding carboxylic acids is 1. The largest absolute Gasteiger partial charge is 0.497 e. The molecule has 0 saturated heterocycles. The number of benzene rings is 2. The second-order valence-corrected chi connectivity index (χ2v) is 8.71. The highest BCUT2D eigenvalue weighted by molar-refractivity contribution is 7.98. The van der Waals surface area contributed by atoms with Gasteiger partial charge in [0.25, 0.3) is 5.56 Å². The van der Waals surface area contributed by atoms with Crippen LogP contribution in [0.5, 0.6) is 5.75 Å². The molecule has 3 rings (SSSR count). The van der Waals surface area contributed by atoms with Gasteiger partial charge in [0.05, 0.1) is 13.5 Å². The highest BCUT2D eigenvalue weighted by Gasteiger charge is 2.15. The van der Waals surface area contributed by atoms with E-state index in [2.05, 4.69) is 27.4 Å². The molecule has 1 aromatic heterocycles. The molecule has 6 nitrogen and oxygen atoms in total. The number of ether oxygens (including phenoxy) is 1. The van der Waals surface area contributed by atoms with Gasteiger partial charge in [0.2, 0.25) is 5.91 Å². The Balaban J connectivity index is 1.54. The van der Waals surface area contributed by atoms with Crippen LogP contribution in [-0.4, -0.2) is 29.0 Å². The monoisotopic (exact) mass is 451 g/mol. The molecule has 2 aromatic carbocycles. The summed E-state index contributed by atoms with van der Waals surface area (Å²) in [4.78, 5) is 32.4. The minimum absolute atomic E-state index is 0.0185. The molecule has 1 atom stereocenters. The number of hydrogen-bond acceptors (Lipinski definition) is 5. The lowest BCUT2D eigenvalue weighted by molar-refractivity contribution is -0.121. The normalized spacial score (nSPS) is 11.7. The van der Waals surface area contributed by atoms with Gasteiger partial charge in [0.15, 0.2) is 5.16 Å². The molecule has 0 aliphatic rings. The van der Waals surface area contributed by atoms with Crippen LogP contribution in [0.2, 0.25) is 0 Å². The van der Waals surface area contributed by atoms with Crippen molar-refractivity contribution >= 4 is 17.7 Å². The maximum absolute atomic E-state index is 12.6. The van der Waals surface area contributed by atoms with E-state index < -0.39 is 0 Å². The number of aromatic amines is 1. The first-order chi connectivity index (χ1) is 15.4. The second kappa shape index (κ2) is 11.5. The predicted octanol–water partition coefficient (Wildman–Crippen LogP) is 4.06. The fourth-order valence-electron chi connectivity index (χ4n) is 3.36. The molecule has 0 aliphatic carbocycles. The topological polar surface area (TPSA) is 84.1 Å². The van der Waals surface area contributed by atoms with Crippen LogP contribution in [-0.2, 0) is 23.4 Å². The van der Waals surface area contributed by atoms with Crippen molar-refractivity contribution < 1.29 is 9.53 Å². The second-order valence-electron chi connectivity index (χ2n) is 7.74. The van der Waals surface area contributed by atoms with Crippen LogP contribution in [0.3, 0.4) is 0 Å².